The summed E-state index contributed by atoms with van der Waals surface area (Å²) < 4.78 is 0. The third-order valence-electron chi connectivity index (χ3n) is 2.09. The highest BCUT2D eigenvalue weighted by molar-refractivity contribution is 5.78. The van der Waals surface area contributed by atoms with Crippen LogP contribution in [0.2, 0.25) is 0 Å². The minimum atomic E-state index is 0.183. The molecular formula is C7H13NO2. The Labute approximate surface area is 60.6 Å². The summed E-state index contributed by atoms with van der Waals surface area (Å²) in [5.41, 5.74) is 0. The number of amides is 1. The van der Waals surface area contributed by atoms with Gasteiger partial charge in [-0.3, -0.25) is 4.79 Å². The fraction of sp³-hybridized carbons (Fsp3) is 0.857. The summed E-state index contributed by atoms with van der Waals surface area (Å²) in [6.07, 6.45) is 2.29. The molecule has 1 atom stereocenters. The summed E-state index contributed by atoms with van der Waals surface area (Å²) in [4.78, 5) is 12.6. The zero-order valence-corrected chi connectivity index (χ0v) is 6.21. The monoisotopic (exact) mass is 143 g/mol. The van der Waals surface area contributed by atoms with Crippen molar-refractivity contribution in [2.45, 2.75) is 25.3 Å². The first-order valence-electron chi connectivity index (χ1n) is 3.62. The molecule has 1 aliphatic heterocycles. The van der Waals surface area contributed by atoms with Gasteiger partial charge in [0.25, 0.3) is 0 Å². The molecule has 1 amide bonds. The smallest absolute Gasteiger partial charge is 0.222 e. The molecule has 0 aromatic carbocycles. The maximum atomic E-state index is 10.9. The first-order valence-corrected chi connectivity index (χ1v) is 3.62. The Morgan fingerprint density at radius 2 is 2.50 bits per heavy atom. The van der Waals surface area contributed by atoms with Crippen molar-refractivity contribution in [2.75, 3.05) is 13.7 Å². The van der Waals surface area contributed by atoms with Crippen LogP contribution < -0.4 is 0 Å². The van der Waals surface area contributed by atoms with Crippen LogP contribution in [0.5, 0.6) is 0 Å². The Kier molecular flexibility index (Phi) is 2.27. The molecule has 1 fully saturated rings. The molecule has 58 valence electrons. The Bertz CT molecular complexity index is 136. The molecule has 1 rings (SSSR count). The molecule has 0 aromatic rings. The van der Waals surface area contributed by atoms with Gasteiger partial charge in [0.2, 0.25) is 5.91 Å². The predicted octanol–water partition coefficient (Wildman–Crippen LogP) is -0.0104. The summed E-state index contributed by atoms with van der Waals surface area (Å²) in [6.45, 7) is 0.183. The molecule has 0 aromatic heterocycles. The maximum absolute atomic E-state index is 10.9. The molecule has 10 heavy (non-hydrogen) atoms. The summed E-state index contributed by atoms with van der Waals surface area (Å²) in [5.74, 6) is 0.207. The van der Waals surface area contributed by atoms with Crippen molar-refractivity contribution in [2.24, 2.45) is 0 Å². The fourth-order valence-corrected chi connectivity index (χ4v) is 1.35. The number of carbonyl (C=O) groups excluding carboxylic acids is 1. The lowest BCUT2D eigenvalue weighted by Crippen LogP contribution is -2.29. The Morgan fingerprint density at radius 3 is 2.90 bits per heavy atom. The Balaban J connectivity index is 2.41. The predicted molar refractivity (Wildman–Crippen MR) is 37.5 cm³/mol. The molecule has 0 radical (unpaired) electrons. The van der Waals surface area contributed by atoms with Crippen LogP contribution >= 0.6 is 0 Å². The number of likely N-dealkylation sites (tertiary alicyclic amines) is 1. The maximum Gasteiger partial charge on any atom is 0.222 e. The van der Waals surface area contributed by atoms with E-state index in [2.05, 4.69) is 0 Å². The first-order chi connectivity index (χ1) is 4.75. The van der Waals surface area contributed by atoms with Crippen LogP contribution in [0.1, 0.15) is 19.3 Å². The number of aliphatic hydroxyl groups is 1. The van der Waals surface area contributed by atoms with E-state index in [1.807, 2.05) is 0 Å². The molecule has 0 unspecified atom stereocenters. The van der Waals surface area contributed by atoms with E-state index < -0.39 is 0 Å². The fourth-order valence-electron chi connectivity index (χ4n) is 1.35. The van der Waals surface area contributed by atoms with Crippen LogP contribution in [0, 0.1) is 0 Å². The highest BCUT2D eigenvalue weighted by Gasteiger charge is 2.26. The minimum Gasteiger partial charge on any atom is -0.396 e. The van der Waals surface area contributed by atoms with Crippen molar-refractivity contribution in [1.29, 1.82) is 0 Å². The summed E-state index contributed by atoms with van der Waals surface area (Å²) in [6, 6.07) is 0.289. The Hall–Kier alpha value is -0.570. The summed E-state index contributed by atoms with van der Waals surface area (Å²) >= 11 is 0. The van der Waals surface area contributed by atoms with E-state index in [0.717, 1.165) is 12.8 Å². The highest BCUT2D eigenvalue weighted by Crippen LogP contribution is 2.18. The van der Waals surface area contributed by atoms with E-state index in [4.69, 9.17) is 5.11 Å². The van der Waals surface area contributed by atoms with Gasteiger partial charge in [-0.2, -0.15) is 0 Å². The molecule has 3 heteroatoms. The van der Waals surface area contributed by atoms with Crippen LogP contribution in [0.3, 0.4) is 0 Å². The molecule has 0 spiro atoms. The van der Waals surface area contributed by atoms with E-state index in [0.29, 0.717) is 6.42 Å². The van der Waals surface area contributed by atoms with Crippen molar-refractivity contribution >= 4 is 5.91 Å². The summed E-state index contributed by atoms with van der Waals surface area (Å²) in [7, 11) is 1.80. The van der Waals surface area contributed by atoms with Crippen LogP contribution in [-0.4, -0.2) is 35.6 Å². The largest absolute Gasteiger partial charge is 0.396 e. The van der Waals surface area contributed by atoms with Crippen molar-refractivity contribution in [3.63, 3.8) is 0 Å². The lowest BCUT2D eigenvalue weighted by atomic mass is 10.2. The van der Waals surface area contributed by atoms with Gasteiger partial charge in [-0.05, 0) is 12.8 Å². The molecule has 1 heterocycles. The molecule has 0 saturated carbocycles. The van der Waals surface area contributed by atoms with Gasteiger partial charge in [-0.15, -0.1) is 0 Å². The van der Waals surface area contributed by atoms with E-state index in [-0.39, 0.29) is 18.6 Å². The highest BCUT2D eigenvalue weighted by atomic mass is 16.3. The van der Waals surface area contributed by atoms with E-state index >= 15 is 0 Å². The zero-order valence-electron chi connectivity index (χ0n) is 6.21. The standard InChI is InChI=1S/C7H13NO2/c1-8-6(4-5-9)2-3-7(8)10/h6,9H,2-5H2,1H3/t6-/m0/s1. The SMILES string of the molecule is CN1C(=O)CC[C@H]1CCO. The second-order valence-electron chi connectivity index (χ2n) is 2.71. The van der Waals surface area contributed by atoms with Crippen molar-refractivity contribution < 1.29 is 9.90 Å². The first kappa shape index (κ1) is 7.54. The van der Waals surface area contributed by atoms with Crippen LogP contribution in [-0.2, 0) is 4.79 Å². The van der Waals surface area contributed by atoms with Crippen molar-refractivity contribution in [3.8, 4) is 0 Å². The summed E-state index contributed by atoms with van der Waals surface area (Å²) in [5, 5.41) is 8.59. The number of nitrogens with zero attached hydrogens (tertiary/aromatic N) is 1. The molecule has 0 aliphatic carbocycles. The van der Waals surface area contributed by atoms with Crippen molar-refractivity contribution in [1.82, 2.24) is 4.90 Å². The number of aliphatic hydroxyl groups excluding tert-OH is 1. The second kappa shape index (κ2) is 3.01. The van der Waals surface area contributed by atoms with E-state index in [1.54, 1.807) is 11.9 Å². The quantitative estimate of drug-likeness (QED) is 0.590. The van der Waals surface area contributed by atoms with Crippen LogP contribution in [0.25, 0.3) is 0 Å². The molecule has 1 saturated heterocycles. The van der Waals surface area contributed by atoms with E-state index in [9.17, 15) is 4.79 Å². The topological polar surface area (TPSA) is 40.5 Å². The Morgan fingerprint density at radius 1 is 1.80 bits per heavy atom. The lowest BCUT2D eigenvalue weighted by Gasteiger charge is -2.17. The molecule has 1 N–H and O–H groups in total. The third-order valence-corrected chi connectivity index (χ3v) is 2.09. The molecular weight excluding hydrogens is 130 g/mol. The second-order valence-corrected chi connectivity index (χ2v) is 2.71. The molecule has 0 bridgehead atoms. The van der Waals surface area contributed by atoms with Gasteiger partial charge >= 0.3 is 0 Å². The average Bonchev–Trinajstić information content (AvgIpc) is 2.20. The van der Waals surface area contributed by atoms with Gasteiger partial charge in [0, 0.05) is 26.1 Å². The number of hydrogen-bond donors (Lipinski definition) is 1. The van der Waals surface area contributed by atoms with Crippen molar-refractivity contribution in [3.05, 3.63) is 0 Å². The third kappa shape index (κ3) is 1.29. The van der Waals surface area contributed by atoms with Crippen LogP contribution in [0.4, 0.5) is 0 Å². The lowest BCUT2D eigenvalue weighted by molar-refractivity contribution is -0.127. The van der Waals surface area contributed by atoms with E-state index in [1.165, 1.54) is 0 Å². The normalized spacial score (nSPS) is 26.0. The molecule has 1 aliphatic rings. The number of carbonyl (C=O) groups is 1. The van der Waals surface area contributed by atoms with Crippen LogP contribution in [0.15, 0.2) is 0 Å². The number of hydrogen-bond acceptors (Lipinski definition) is 2. The average molecular weight is 143 g/mol. The molecule has 3 nitrogen and oxygen atoms in total. The zero-order chi connectivity index (χ0) is 7.56. The van der Waals surface area contributed by atoms with Gasteiger partial charge in [0.1, 0.15) is 0 Å². The van der Waals surface area contributed by atoms with Gasteiger partial charge in [-0.25, -0.2) is 0 Å². The minimum absolute atomic E-state index is 0.183. The van der Waals surface area contributed by atoms with Gasteiger partial charge in [0.15, 0.2) is 0 Å². The number of rotatable bonds is 2. The van der Waals surface area contributed by atoms with Gasteiger partial charge in [0.05, 0.1) is 0 Å². The van der Waals surface area contributed by atoms with Gasteiger partial charge in [-0.1, -0.05) is 0 Å². The van der Waals surface area contributed by atoms with Gasteiger partial charge < -0.3 is 10.0 Å².